The third-order valence-corrected chi connectivity index (χ3v) is 4.70. The zero-order valence-corrected chi connectivity index (χ0v) is 12.6. The normalized spacial score (nSPS) is 22.9. The highest BCUT2D eigenvalue weighted by Crippen LogP contribution is 2.27. The lowest BCUT2D eigenvalue weighted by atomic mass is 9.93. The monoisotopic (exact) mass is 289 g/mol. The third-order valence-electron chi connectivity index (χ3n) is 3.77. The van der Waals surface area contributed by atoms with Crippen molar-refractivity contribution in [2.75, 3.05) is 11.9 Å². The summed E-state index contributed by atoms with van der Waals surface area (Å²) >= 11 is 1.55. The number of aryl methyl sites for hydroxylation is 1. The van der Waals surface area contributed by atoms with Crippen molar-refractivity contribution in [2.45, 2.75) is 32.7 Å². The van der Waals surface area contributed by atoms with Crippen LogP contribution < -0.4 is 10.6 Å². The average Bonchev–Trinajstić information content (AvgIpc) is 2.80. The maximum Gasteiger partial charge on any atom is 0.229 e. The zero-order valence-electron chi connectivity index (χ0n) is 11.8. The SMILES string of the molecule is Cc1ccc2nc(NC(=O)[C@H]3CCN[C@@H](C)C3)sc2c1. The van der Waals surface area contributed by atoms with E-state index in [4.69, 9.17) is 0 Å². The molecule has 106 valence electrons. The summed E-state index contributed by atoms with van der Waals surface area (Å²) in [6, 6.07) is 6.57. The molecule has 1 aromatic carbocycles. The van der Waals surface area contributed by atoms with E-state index in [9.17, 15) is 4.79 Å². The molecule has 0 bridgehead atoms. The summed E-state index contributed by atoms with van der Waals surface area (Å²) in [4.78, 5) is 16.8. The number of hydrogen-bond donors (Lipinski definition) is 2. The molecule has 1 saturated heterocycles. The molecule has 5 heteroatoms. The Morgan fingerprint density at radius 3 is 3.15 bits per heavy atom. The Morgan fingerprint density at radius 2 is 2.35 bits per heavy atom. The second-order valence-corrected chi connectivity index (χ2v) is 6.59. The molecule has 2 atom stereocenters. The molecule has 0 aliphatic carbocycles. The van der Waals surface area contributed by atoms with E-state index in [-0.39, 0.29) is 11.8 Å². The molecule has 1 aromatic heterocycles. The predicted octanol–water partition coefficient (Wildman–Crippen LogP) is 2.93. The maximum absolute atomic E-state index is 12.3. The minimum atomic E-state index is 0.0972. The summed E-state index contributed by atoms with van der Waals surface area (Å²) in [7, 11) is 0. The van der Waals surface area contributed by atoms with Crippen molar-refractivity contribution in [1.29, 1.82) is 0 Å². The van der Waals surface area contributed by atoms with Crippen molar-refractivity contribution in [3.63, 3.8) is 0 Å². The smallest absolute Gasteiger partial charge is 0.229 e. The molecule has 0 spiro atoms. The third kappa shape index (κ3) is 2.83. The van der Waals surface area contributed by atoms with Crippen LogP contribution in [0.3, 0.4) is 0 Å². The van der Waals surface area contributed by atoms with Crippen LogP contribution in [-0.2, 0) is 4.79 Å². The van der Waals surface area contributed by atoms with Gasteiger partial charge in [-0.2, -0.15) is 0 Å². The van der Waals surface area contributed by atoms with Gasteiger partial charge in [0.2, 0.25) is 5.91 Å². The second-order valence-electron chi connectivity index (χ2n) is 5.56. The first-order valence-corrected chi connectivity index (χ1v) is 7.85. The van der Waals surface area contributed by atoms with E-state index in [0.29, 0.717) is 11.2 Å². The number of anilines is 1. The van der Waals surface area contributed by atoms with Crippen molar-refractivity contribution in [1.82, 2.24) is 10.3 Å². The Balaban J connectivity index is 1.73. The first kappa shape index (κ1) is 13.5. The summed E-state index contributed by atoms with van der Waals surface area (Å²) in [5.41, 5.74) is 2.17. The van der Waals surface area contributed by atoms with Crippen molar-refractivity contribution in [2.24, 2.45) is 5.92 Å². The number of amides is 1. The van der Waals surface area contributed by atoms with Crippen LogP contribution in [0.2, 0.25) is 0 Å². The standard InChI is InChI=1S/C15H19N3OS/c1-9-3-4-12-13(7-9)20-15(17-12)18-14(19)11-5-6-16-10(2)8-11/h3-4,7,10-11,16H,5-6,8H2,1-2H3,(H,17,18,19)/t10-,11-/m0/s1. The lowest BCUT2D eigenvalue weighted by Crippen LogP contribution is -2.40. The highest BCUT2D eigenvalue weighted by Gasteiger charge is 2.25. The molecule has 20 heavy (non-hydrogen) atoms. The predicted molar refractivity (Wildman–Crippen MR) is 83.2 cm³/mol. The molecular weight excluding hydrogens is 270 g/mol. The Bertz CT molecular complexity index is 637. The fourth-order valence-corrected chi connectivity index (χ4v) is 3.63. The van der Waals surface area contributed by atoms with Crippen LogP contribution >= 0.6 is 11.3 Å². The number of piperidine rings is 1. The van der Waals surface area contributed by atoms with Crippen LogP contribution in [0.5, 0.6) is 0 Å². The summed E-state index contributed by atoms with van der Waals surface area (Å²) in [5.74, 6) is 0.203. The van der Waals surface area contributed by atoms with Gasteiger partial charge in [-0.3, -0.25) is 4.79 Å². The lowest BCUT2D eigenvalue weighted by Gasteiger charge is -2.26. The lowest BCUT2D eigenvalue weighted by molar-refractivity contribution is -0.120. The number of carbonyl (C=O) groups excluding carboxylic acids is 1. The van der Waals surface area contributed by atoms with Crippen molar-refractivity contribution < 1.29 is 4.79 Å². The summed E-state index contributed by atoms with van der Waals surface area (Å²) < 4.78 is 1.12. The molecule has 1 fully saturated rings. The van der Waals surface area contributed by atoms with E-state index >= 15 is 0 Å². The summed E-state index contributed by atoms with van der Waals surface area (Å²) in [5, 5.41) is 7.06. The maximum atomic E-state index is 12.3. The van der Waals surface area contributed by atoms with Crippen LogP contribution in [0.1, 0.15) is 25.3 Å². The number of hydrogen-bond acceptors (Lipinski definition) is 4. The van der Waals surface area contributed by atoms with E-state index in [2.05, 4.69) is 35.5 Å². The van der Waals surface area contributed by atoms with Gasteiger partial charge in [-0.05, 0) is 50.9 Å². The highest BCUT2D eigenvalue weighted by atomic mass is 32.1. The van der Waals surface area contributed by atoms with Gasteiger partial charge in [0.15, 0.2) is 5.13 Å². The van der Waals surface area contributed by atoms with Crippen LogP contribution in [0.4, 0.5) is 5.13 Å². The largest absolute Gasteiger partial charge is 0.314 e. The first-order valence-electron chi connectivity index (χ1n) is 7.03. The summed E-state index contributed by atoms with van der Waals surface area (Å²) in [6.45, 7) is 5.10. The molecule has 0 saturated carbocycles. The number of fused-ring (bicyclic) bond motifs is 1. The molecule has 2 heterocycles. The molecule has 2 N–H and O–H groups in total. The van der Waals surface area contributed by atoms with Crippen molar-refractivity contribution >= 4 is 32.6 Å². The molecule has 0 radical (unpaired) electrons. The van der Waals surface area contributed by atoms with Crippen LogP contribution in [0, 0.1) is 12.8 Å². The van der Waals surface area contributed by atoms with Crippen molar-refractivity contribution in [3.8, 4) is 0 Å². The highest BCUT2D eigenvalue weighted by molar-refractivity contribution is 7.22. The Kier molecular flexibility index (Phi) is 3.72. The molecule has 0 unspecified atom stereocenters. The molecule has 1 aliphatic rings. The van der Waals surface area contributed by atoms with Gasteiger partial charge in [0.25, 0.3) is 0 Å². The second kappa shape index (κ2) is 5.50. The fourth-order valence-electron chi connectivity index (χ4n) is 2.66. The molecule has 1 aliphatic heterocycles. The number of aromatic nitrogens is 1. The topological polar surface area (TPSA) is 54.0 Å². The van der Waals surface area contributed by atoms with Crippen LogP contribution in [0.25, 0.3) is 10.2 Å². The molecule has 1 amide bonds. The van der Waals surface area contributed by atoms with Crippen molar-refractivity contribution in [3.05, 3.63) is 23.8 Å². The zero-order chi connectivity index (χ0) is 14.1. The number of benzene rings is 1. The van der Waals surface area contributed by atoms with E-state index in [0.717, 1.165) is 29.6 Å². The minimum Gasteiger partial charge on any atom is -0.314 e. The summed E-state index contributed by atoms with van der Waals surface area (Å²) in [6.07, 6.45) is 1.80. The number of carbonyl (C=O) groups is 1. The van der Waals surface area contributed by atoms with Gasteiger partial charge in [0, 0.05) is 12.0 Å². The van der Waals surface area contributed by atoms with Crippen LogP contribution in [0.15, 0.2) is 18.2 Å². The van der Waals surface area contributed by atoms with Gasteiger partial charge in [-0.25, -0.2) is 4.98 Å². The molecule has 2 aromatic rings. The molecular formula is C15H19N3OS. The molecule has 4 nitrogen and oxygen atoms in total. The van der Waals surface area contributed by atoms with E-state index < -0.39 is 0 Å². The van der Waals surface area contributed by atoms with Gasteiger partial charge >= 0.3 is 0 Å². The van der Waals surface area contributed by atoms with Gasteiger partial charge in [0.05, 0.1) is 10.2 Å². The van der Waals surface area contributed by atoms with E-state index in [1.165, 1.54) is 5.56 Å². The Morgan fingerprint density at radius 1 is 1.50 bits per heavy atom. The molecule has 3 rings (SSSR count). The van der Waals surface area contributed by atoms with Crippen LogP contribution in [-0.4, -0.2) is 23.5 Å². The number of rotatable bonds is 2. The van der Waals surface area contributed by atoms with Gasteiger partial charge < -0.3 is 10.6 Å². The number of thiazole rings is 1. The first-order chi connectivity index (χ1) is 9.61. The average molecular weight is 289 g/mol. The minimum absolute atomic E-state index is 0.0972. The fraction of sp³-hybridized carbons (Fsp3) is 0.467. The van der Waals surface area contributed by atoms with Gasteiger partial charge in [-0.15, -0.1) is 0 Å². The number of nitrogens with one attached hydrogen (secondary N) is 2. The van der Waals surface area contributed by atoms with Gasteiger partial charge in [0.1, 0.15) is 0 Å². The quantitative estimate of drug-likeness (QED) is 0.893. The Labute approximate surface area is 122 Å². The number of nitrogens with zero attached hydrogens (tertiary/aromatic N) is 1. The van der Waals surface area contributed by atoms with Gasteiger partial charge in [-0.1, -0.05) is 17.4 Å². The van der Waals surface area contributed by atoms with E-state index in [1.54, 1.807) is 11.3 Å². The Hall–Kier alpha value is -1.46. The van der Waals surface area contributed by atoms with E-state index in [1.807, 2.05) is 12.1 Å².